The Bertz CT molecular complexity index is 643. The van der Waals surface area contributed by atoms with E-state index in [9.17, 15) is 0 Å². The molecule has 0 N–H and O–H groups in total. The Kier molecular flexibility index (Phi) is 4.21. The van der Waals surface area contributed by atoms with E-state index in [-0.39, 0.29) is 0 Å². The molecular formula is C16H16N2O2. The topological polar surface area (TPSA) is 55.1 Å². The quantitative estimate of drug-likeness (QED) is 0.854. The highest BCUT2D eigenvalue weighted by Gasteiger charge is 2.09. The van der Waals surface area contributed by atoms with Gasteiger partial charge in [0.2, 0.25) is 0 Å². The second-order valence-corrected chi connectivity index (χ2v) is 4.47. The van der Waals surface area contributed by atoms with Crippen molar-refractivity contribution in [3.05, 3.63) is 52.8 Å². The number of hydrogen-bond acceptors (Lipinski definition) is 4. The fourth-order valence-electron chi connectivity index (χ4n) is 1.99. The minimum Gasteiger partial charge on any atom is -0.496 e. The number of rotatable bonds is 4. The molecule has 0 saturated carbocycles. The van der Waals surface area contributed by atoms with Gasteiger partial charge in [-0.2, -0.15) is 5.26 Å². The summed E-state index contributed by atoms with van der Waals surface area (Å²) in [6.07, 6.45) is 1.78. The molecule has 0 saturated heterocycles. The molecule has 1 aromatic carbocycles. The van der Waals surface area contributed by atoms with Gasteiger partial charge in [0.15, 0.2) is 0 Å². The van der Waals surface area contributed by atoms with Crippen molar-refractivity contribution in [1.82, 2.24) is 4.98 Å². The van der Waals surface area contributed by atoms with Crippen LogP contribution in [0.2, 0.25) is 0 Å². The molecule has 0 bridgehead atoms. The number of benzene rings is 1. The fraction of sp³-hybridized carbons (Fsp3) is 0.250. The monoisotopic (exact) mass is 268 g/mol. The van der Waals surface area contributed by atoms with Crippen molar-refractivity contribution in [1.29, 1.82) is 5.26 Å². The van der Waals surface area contributed by atoms with Crippen molar-refractivity contribution < 1.29 is 9.47 Å². The van der Waals surface area contributed by atoms with Gasteiger partial charge in [0, 0.05) is 17.3 Å². The van der Waals surface area contributed by atoms with E-state index in [2.05, 4.69) is 11.1 Å². The summed E-state index contributed by atoms with van der Waals surface area (Å²) in [7, 11) is 1.65. The summed E-state index contributed by atoms with van der Waals surface area (Å²) in [5.74, 6) is 1.56. The van der Waals surface area contributed by atoms with Crippen molar-refractivity contribution in [2.45, 2.75) is 20.5 Å². The molecule has 0 aliphatic carbocycles. The van der Waals surface area contributed by atoms with E-state index in [4.69, 9.17) is 14.7 Å². The van der Waals surface area contributed by atoms with Crippen LogP contribution in [0, 0.1) is 25.2 Å². The first-order chi connectivity index (χ1) is 9.65. The smallest absolute Gasteiger partial charge is 0.131 e. The molecule has 2 aromatic rings. The molecule has 0 aliphatic rings. The Morgan fingerprint density at radius 3 is 2.50 bits per heavy atom. The van der Waals surface area contributed by atoms with Gasteiger partial charge in [0.25, 0.3) is 0 Å². The summed E-state index contributed by atoms with van der Waals surface area (Å²) >= 11 is 0. The van der Waals surface area contributed by atoms with Crippen LogP contribution in [0.4, 0.5) is 0 Å². The minimum absolute atomic E-state index is 0.369. The number of nitriles is 1. The third kappa shape index (κ3) is 2.89. The number of ether oxygens (including phenoxy) is 2. The molecule has 1 aromatic heterocycles. The maximum atomic E-state index is 8.74. The maximum absolute atomic E-state index is 8.74. The van der Waals surface area contributed by atoms with E-state index in [1.807, 2.05) is 13.8 Å². The first-order valence-corrected chi connectivity index (χ1v) is 6.27. The number of methoxy groups -OCH3 is 1. The van der Waals surface area contributed by atoms with E-state index < -0.39 is 0 Å². The van der Waals surface area contributed by atoms with Crippen LogP contribution in [0.25, 0.3) is 0 Å². The van der Waals surface area contributed by atoms with Crippen molar-refractivity contribution >= 4 is 0 Å². The normalized spacial score (nSPS) is 9.90. The second kappa shape index (κ2) is 6.07. The van der Waals surface area contributed by atoms with Crippen LogP contribution in [0.5, 0.6) is 11.5 Å². The molecule has 0 spiro atoms. The largest absolute Gasteiger partial charge is 0.496 e. The van der Waals surface area contributed by atoms with Crippen LogP contribution < -0.4 is 9.47 Å². The molecule has 4 heteroatoms. The molecule has 4 nitrogen and oxygen atoms in total. The molecule has 0 radical (unpaired) electrons. The third-order valence-electron chi connectivity index (χ3n) is 3.11. The summed E-state index contributed by atoms with van der Waals surface area (Å²) in [6.45, 7) is 4.30. The zero-order chi connectivity index (χ0) is 14.5. The molecule has 0 aliphatic heterocycles. The minimum atomic E-state index is 0.369. The Morgan fingerprint density at radius 2 is 1.90 bits per heavy atom. The van der Waals surface area contributed by atoms with Crippen molar-refractivity contribution in [2.75, 3.05) is 7.11 Å². The van der Waals surface area contributed by atoms with E-state index in [0.717, 1.165) is 22.6 Å². The molecular weight excluding hydrogens is 252 g/mol. The SMILES string of the molecule is COc1c(C)cnc(COc2ccc(C#N)cc2)c1C. The molecule has 0 atom stereocenters. The number of aryl methyl sites for hydroxylation is 1. The van der Waals surface area contributed by atoms with Gasteiger partial charge in [-0.15, -0.1) is 0 Å². The van der Waals surface area contributed by atoms with Gasteiger partial charge in [-0.1, -0.05) is 0 Å². The molecule has 102 valence electrons. The van der Waals surface area contributed by atoms with Gasteiger partial charge in [-0.3, -0.25) is 4.98 Å². The molecule has 2 rings (SSSR count). The predicted molar refractivity (Wildman–Crippen MR) is 75.8 cm³/mol. The molecule has 1 heterocycles. The lowest BCUT2D eigenvalue weighted by atomic mass is 10.1. The van der Waals surface area contributed by atoms with Crippen LogP contribution >= 0.6 is 0 Å². The highest BCUT2D eigenvalue weighted by Crippen LogP contribution is 2.24. The highest BCUT2D eigenvalue weighted by molar-refractivity contribution is 5.41. The van der Waals surface area contributed by atoms with Gasteiger partial charge < -0.3 is 9.47 Å². The molecule has 20 heavy (non-hydrogen) atoms. The summed E-state index contributed by atoms with van der Waals surface area (Å²) in [5, 5.41) is 8.74. The Morgan fingerprint density at radius 1 is 1.20 bits per heavy atom. The maximum Gasteiger partial charge on any atom is 0.131 e. The van der Waals surface area contributed by atoms with Gasteiger partial charge in [-0.25, -0.2) is 0 Å². The van der Waals surface area contributed by atoms with Crippen LogP contribution in [-0.4, -0.2) is 12.1 Å². The van der Waals surface area contributed by atoms with E-state index in [1.165, 1.54) is 0 Å². The van der Waals surface area contributed by atoms with Crippen molar-refractivity contribution in [3.8, 4) is 17.6 Å². The zero-order valence-corrected chi connectivity index (χ0v) is 11.8. The van der Waals surface area contributed by atoms with E-state index >= 15 is 0 Å². The highest BCUT2D eigenvalue weighted by atomic mass is 16.5. The molecule has 0 unspecified atom stereocenters. The average Bonchev–Trinajstić information content (AvgIpc) is 2.47. The van der Waals surface area contributed by atoms with Gasteiger partial charge in [0.1, 0.15) is 18.1 Å². The third-order valence-corrected chi connectivity index (χ3v) is 3.11. The Hall–Kier alpha value is -2.54. The van der Waals surface area contributed by atoms with Gasteiger partial charge >= 0.3 is 0 Å². The summed E-state index contributed by atoms with van der Waals surface area (Å²) < 4.78 is 11.1. The van der Waals surface area contributed by atoms with Crippen LogP contribution in [0.1, 0.15) is 22.4 Å². The van der Waals surface area contributed by atoms with E-state index in [0.29, 0.717) is 17.9 Å². The van der Waals surface area contributed by atoms with Crippen LogP contribution in [0.15, 0.2) is 30.5 Å². The van der Waals surface area contributed by atoms with Gasteiger partial charge in [-0.05, 0) is 38.1 Å². The lowest BCUT2D eigenvalue weighted by Gasteiger charge is -2.13. The summed E-state index contributed by atoms with van der Waals surface area (Å²) in [5.41, 5.74) is 3.45. The van der Waals surface area contributed by atoms with Crippen molar-refractivity contribution in [2.24, 2.45) is 0 Å². The number of nitrogens with zero attached hydrogens (tertiary/aromatic N) is 2. The first kappa shape index (κ1) is 13.9. The van der Waals surface area contributed by atoms with Crippen molar-refractivity contribution in [3.63, 3.8) is 0 Å². The summed E-state index contributed by atoms with van der Waals surface area (Å²) in [6, 6.07) is 9.08. The zero-order valence-electron chi connectivity index (χ0n) is 11.8. The Labute approximate surface area is 118 Å². The fourth-order valence-corrected chi connectivity index (χ4v) is 1.99. The van der Waals surface area contributed by atoms with Gasteiger partial charge in [0.05, 0.1) is 24.4 Å². The lowest BCUT2D eigenvalue weighted by Crippen LogP contribution is -2.04. The molecule has 0 amide bonds. The van der Waals surface area contributed by atoms with E-state index in [1.54, 1.807) is 37.6 Å². The summed E-state index contributed by atoms with van der Waals surface area (Å²) in [4.78, 5) is 4.38. The second-order valence-electron chi connectivity index (χ2n) is 4.47. The number of hydrogen-bond donors (Lipinski definition) is 0. The lowest BCUT2D eigenvalue weighted by molar-refractivity contribution is 0.298. The number of aromatic nitrogens is 1. The Balaban J connectivity index is 2.13. The standard InChI is InChI=1S/C16H16N2O2/c1-11-9-18-15(12(2)16(11)19-3)10-20-14-6-4-13(8-17)5-7-14/h4-7,9H,10H2,1-3H3. The van der Waals surface area contributed by atoms with Crippen LogP contribution in [0.3, 0.4) is 0 Å². The predicted octanol–water partition coefficient (Wildman–Crippen LogP) is 3.16. The molecule has 0 fully saturated rings. The number of pyridine rings is 1. The first-order valence-electron chi connectivity index (χ1n) is 6.27. The average molecular weight is 268 g/mol. The van der Waals surface area contributed by atoms with Crippen LogP contribution in [-0.2, 0) is 6.61 Å².